The standard InChI is InChI=1S/C27H20FN3O5S3/c1-36-17-10-8-16(9-11-17)31-24(33)21-20(18-3-2-12-37-18)23-26(38-22(21)25(31)34)30(27(35)39-23)13-19(32)29-15-6-4-14(28)5-7-15/h2-12,20-22H,13H2,1H3,(H,29,32)/t20-,21?,22?/m1/s1. The quantitative estimate of drug-likeness (QED) is 0.336. The van der Waals surface area contributed by atoms with Crippen LogP contribution in [-0.2, 0) is 20.9 Å². The summed E-state index contributed by atoms with van der Waals surface area (Å²) in [6.07, 6.45) is 0. The molecule has 0 spiro atoms. The lowest BCUT2D eigenvalue weighted by Gasteiger charge is -2.29. The third-order valence-corrected chi connectivity index (χ3v) is 10.2. The minimum absolute atomic E-state index is 0.284. The average molecular weight is 582 g/mol. The maximum absolute atomic E-state index is 13.8. The van der Waals surface area contributed by atoms with E-state index < -0.39 is 28.8 Å². The van der Waals surface area contributed by atoms with Gasteiger partial charge in [0.15, 0.2) is 0 Å². The number of anilines is 2. The van der Waals surface area contributed by atoms with Crippen LogP contribution in [0.15, 0.2) is 75.9 Å². The van der Waals surface area contributed by atoms with Gasteiger partial charge >= 0.3 is 4.87 Å². The van der Waals surface area contributed by atoms with E-state index in [0.29, 0.717) is 27.0 Å². The SMILES string of the molecule is COc1ccc(N2C(=O)C3Sc4c(sc(=O)n4CC(=O)Nc4ccc(F)cc4)[C@H](c4cccs4)C3C2=O)cc1. The fraction of sp³-hybridized carbons (Fsp3) is 0.185. The van der Waals surface area contributed by atoms with E-state index in [9.17, 15) is 23.6 Å². The summed E-state index contributed by atoms with van der Waals surface area (Å²) in [6, 6.07) is 15.8. The molecule has 198 valence electrons. The Kier molecular flexibility index (Phi) is 6.61. The zero-order valence-electron chi connectivity index (χ0n) is 20.3. The Morgan fingerprint density at radius 1 is 1.03 bits per heavy atom. The number of rotatable bonds is 6. The zero-order chi connectivity index (χ0) is 27.3. The molecule has 0 aliphatic carbocycles. The molecule has 1 saturated heterocycles. The highest BCUT2D eigenvalue weighted by Crippen LogP contribution is 2.54. The van der Waals surface area contributed by atoms with Gasteiger partial charge in [0.25, 0.3) is 0 Å². The van der Waals surface area contributed by atoms with E-state index in [2.05, 4.69) is 5.32 Å². The summed E-state index contributed by atoms with van der Waals surface area (Å²) in [5.41, 5.74) is 0.847. The van der Waals surface area contributed by atoms with Crippen LogP contribution < -0.4 is 19.8 Å². The van der Waals surface area contributed by atoms with Gasteiger partial charge in [-0.15, -0.1) is 11.3 Å². The average Bonchev–Trinajstić information content (AvgIpc) is 3.63. The number of thiophene rings is 1. The number of carbonyl (C=O) groups is 3. The number of imide groups is 1. The van der Waals surface area contributed by atoms with Gasteiger partial charge in [0, 0.05) is 21.4 Å². The Hall–Kier alpha value is -3.74. The van der Waals surface area contributed by atoms with E-state index >= 15 is 0 Å². The second kappa shape index (κ2) is 10.1. The fourth-order valence-electron chi connectivity index (χ4n) is 4.89. The van der Waals surface area contributed by atoms with Gasteiger partial charge in [0.1, 0.15) is 23.4 Å². The second-order valence-electron chi connectivity index (χ2n) is 8.95. The summed E-state index contributed by atoms with van der Waals surface area (Å²) < 4.78 is 19.8. The molecule has 4 heterocycles. The van der Waals surface area contributed by atoms with E-state index in [4.69, 9.17) is 4.74 Å². The number of halogens is 1. The number of nitrogens with zero attached hydrogens (tertiary/aromatic N) is 2. The number of thioether (sulfide) groups is 1. The van der Waals surface area contributed by atoms with Crippen molar-refractivity contribution in [1.29, 1.82) is 0 Å². The third-order valence-electron chi connectivity index (χ3n) is 6.66. The Morgan fingerprint density at radius 2 is 1.77 bits per heavy atom. The van der Waals surface area contributed by atoms with Crippen molar-refractivity contribution in [2.24, 2.45) is 5.92 Å². The zero-order valence-corrected chi connectivity index (χ0v) is 22.8. The van der Waals surface area contributed by atoms with Gasteiger partial charge in [0.05, 0.1) is 23.7 Å². The van der Waals surface area contributed by atoms with Crippen LogP contribution in [-0.4, -0.2) is 34.6 Å². The highest BCUT2D eigenvalue weighted by Gasteiger charge is 2.57. The van der Waals surface area contributed by atoms with E-state index in [1.54, 1.807) is 24.3 Å². The monoisotopic (exact) mass is 581 g/mol. The van der Waals surface area contributed by atoms with Crippen LogP contribution in [0.25, 0.3) is 0 Å². The van der Waals surface area contributed by atoms with Crippen molar-refractivity contribution in [1.82, 2.24) is 4.57 Å². The summed E-state index contributed by atoms with van der Waals surface area (Å²) in [5.74, 6) is -2.18. The number of carbonyl (C=O) groups excluding carboxylic acids is 3. The predicted octanol–water partition coefficient (Wildman–Crippen LogP) is 4.55. The molecule has 2 aliphatic heterocycles. The molecule has 6 rings (SSSR count). The van der Waals surface area contributed by atoms with E-state index in [-0.39, 0.29) is 23.2 Å². The van der Waals surface area contributed by atoms with Crippen LogP contribution in [0.5, 0.6) is 5.75 Å². The normalized spacial score (nSPS) is 20.1. The minimum atomic E-state index is -0.764. The van der Waals surface area contributed by atoms with Crippen LogP contribution in [0, 0.1) is 11.7 Å². The lowest BCUT2D eigenvalue weighted by atomic mass is 9.87. The fourth-order valence-corrected chi connectivity index (χ4v) is 8.61. The van der Waals surface area contributed by atoms with Crippen LogP contribution >= 0.6 is 34.4 Å². The minimum Gasteiger partial charge on any atom is -0.497 e. The first kappa shape index (κ1) is 25.5. The van der Waals surface area contributed by atoms with Gasteiger partial charge in [0.2, 0.25) is 17.7 Å². The van der Waals surface area contributed by atoms with Crippen molar-refractivity contribution >= 4 is 63.5 Å². The molecule has 2 aromatic carbocycles. The number of aromatic nitrogens is 1. The lowest BCUT2D eigenvalue weighted by Crippen LogP contribution is -2.32. The van der Waals surface area contributed by atoms with Crippen molar-refractivity contribution < 1.29 is 23.5 Å². The number of ether oxygens (including phenoxy) is 1. The van der Waals surface area contributed by atoms with Gasteiger partial charge in [-0.25, -0.2) is 9.29 Å². The maximum Gasteiger partial charge on any atom is 0.308 e. The number of thiazole rings is 1. The number of methoxy groups -OCH3 is 1. The Bertz CT molecular complexity index is 1630. The molecule has 8 nitrogen and oxygen atoms in total. The molecule has 2 unspecified atom stereocenters. The number of fused-ring (bicyclic) bond motifs is 2. The van der Waals surface area contributed by atoms with E-state index in [1.807, 2.05) is 17.5 Å². The number of nitrogens with one attached hydrogen (secondary N) is 1. The van der Waals surface area contributed by atoms with Crippen molar-refractivity contribution in [3.8, 4) is 5.75 Å². The highest BCUT2D eigenvalue weighted by molar-refractivity contribution is 8.00. The summed E-state index contributed by atoms with van der Waals surface area (Å²) >= 11 is 3.61. The topological polar surface area (TPSA) is 97.7 Å². The van der Waals surface area contributed by atoms with Crippen LogP contribution in [0.4, 0.5) is 15.8 Å². The van der Waals surface area contributed by atoms with Crippen molar-refractivity contribution in [2.45, 2.75) is 22.7 Å². The molecule has 2 aromatic heterocycles. The van der Waals surface area contributed by atoms with Crippen molar-refractivity contribution in [3.05, 3.63) is 91.3 Å². The molecule has 39 heavy (non-hydrogen) atoms. The Balaban J connectivity index is 1.36. The lowest BCUT2D eigenvalue weighted by molar-refractivity contribution is -0.122. The van der Waals surface area contributed by atoms with Gasteiger partial charge in [-0.3, -0.25) is 23.7 Å². The van der Waals surface area contributed by atoms with E-state index in [1.165, 1.54) is 52.2 Å². The molecule has 4 aromatic rings. The molecule has 1 fully saturated rings. The maximum atomic E-state index is 13.8. The second-order valence-corrected chi connectivity index (χ2v) is 12.0. The van der Waals surface area contributed by atoms with Gasteiger partial charge < -0.3 is 10.1 Å². The van der Waals surface area contributed by atoms with Crippen LogP contribution in [0.3, 0.4) is 0 Å². The van der Waals surface area contributed by atoms with Crippen molar-refractivity contribution in [3.63, 3.8) is 0 Å². The smallest absolute Gasteiger partial charge is 0.308 e. The molecule has 12 heteroatoms. The van der Waals surface area contributed by atoms with Crippen LogP contribution in [0.1, 0.15) is 15.7 Å². The summed E-state index contributed by atoms with van der Waals surface area (Å²) in [5, 5.41) is 4.31. The van der Waals surface area contributed by atoms with Crippen LogP contribution in [0.2, 0.25) is 0 Å². The predicted molar refractivity (Wildman–Crippen MR) is 148 cm³/mol. The third kappa shape index (κ3) is 4.48. The molecule has 1 N–H and O–H groups in total. The summed E-state index contributed by atoms with van der Waals surface area (Å²) in [6.45, 7) is -0.284. The van der Waals surface area contributed by atoms with Gasteiger partial charge in [-0.05, 0) is 60.0 Å². The largest absolute Gasteiger partial charge is 0.497 e. The summed E-state index contributed by atoms with van der Waals surface area (Å²) in [4.78, 5) is 55.9. The Labute approximate surface area is 234 Å². The first-order valence-electron chi connectivity index (χ1n) is 11.9. The van der Waals surface area contributed by atoms with Crippen molar-refractivity contribution in [2.75, 3.05) is 17.3 Å². The molecule has 3 atom stereocenters. The molecule has 2 aliphatic rings. The first-order valence-corrected chi connectivity index (χ1v) is 14.4. The highest BCUT2D eigenvalue weighted by atomic mass is 32.2. The molecule has 0 saturated carbocycles. The molecular formula is C27H20FN3O5S3. The molecule has 0 bridgehead atoms. The summed E-state index contributed by atoms with van der Waals surface area (Å²) in [7, 11) is 1.54. The molecular weight excluding hydrogens is 562 g/mol. The molecule has 3 amide bonds. The van der Waals surface area contributed by atoms with E-state index in [0.717, 1.165) is 28.0 Å². The molecule has 0 radical (unpaired) electrons. The number of hydrogen-bond donors (Lipinski definition) is 1. The van der Waals surface area contributed by atoms with Gasteiger partial charge in [-0.2, -0.15) is 0 Å². The first-order chi connectivity index (χ1) is 18.9. The van der Waals surface area contributed by atoms with Gasteiger partial charge in [-0.1, -0.05) is 29.2 Å². The Morgan fingerprint density at radius 3 is 2.44 bits per heavy atom. The number of amides is 3. The number of benzene rings is 2. The number of hydrogen-bond acceptors (Lipinski definition) is 8.